The minimum atomic E-state index is -3.99. The van der Waals surface area contributed by atoms with Crippen molar-refractivity contribution in [1.82, 2.24) is 9.73 Å². The Morgan fingerprint density at radius 3 is 2.20 bits per heavy atom. The normalized spacial score (nSPS) is 11.7. The fourth-order valence-corrected chi connectivity index (χ4v) is 5.71. The molecule has 1 N–H and O–H groups in total. The van der Waals surface area contributed by atoms with Crippen LogP contribution in [0.3, 0.4) is 0 Å². The fraction of sp³-hybridized carbons (Fsp3) is 0.231. The molecule has 0 atom stereocenters. The summed E-state index contributed by atoms with van der Waals surface area (Å²) >= 11 is 5.98. The summed E-state index contributed by atoms with van der Waals surface area (Å²) in [6, 6.07) is 17.6. The summed E-state index contributed by atoms with van der Waals surface area (Å²) in [5, 5.41) is 4.51. The van der Waals surface area contributed by atoms with Gasteiger partial charge in [0, 0.05) is 11.6 Å². The van der Waals surface area contributed by atoms with Gasteiger partial charge in [-0.1, -0.05) is 41.4 Å². The van der Waals surface area contributed by atoms with E-state index in [0.717, 1.165) is 15.4 Å². The van der Waals surface area contributed by atoms with Gasteiger partial charge in [-0.05, 0) is 79.4 Å². The van der Waals surface area contributed by atoms with Gasteiger partial charge < -0.3 is 4.74 Å². The van der Waals surface area contributed by atoms with Crippen LogP contribution in [0.25, 0.3) is 0 Å². The lowest BCUT2D eigenvalue weighted by Gasteiger charge is -2.24. The first-order valence-corrected chi connectivity index (χ1v) is 12.7. The molecule has 0 aliphatic carbocycles. The molecule has 0 aromatic heterocycles. The molecule has 0 aliphatic rings. The minimum Gasteiger partial charge on any atom is -0.497 e. The van der Waals surface area contributed by atoms with Crippen molar-refractivity contribution in [3.8, 4) is 5.75 Å². The first-order valence-electron chi connectivity index (χ1n) is 10.9. The molecule has 3 rings (SSSR count). The van der Waals surface area contributed by atoms with Gasteiger partial charge in [0.05, 0.1) is 24.8 Å². The highest BCUT2D eigenvalue weighted by Gasteiger charge is 2.30. The van der Waals surface area contributed by atoms with E-state index in [1.54, 1.807) is 69.5 Å². The van der Waals surface area contributed by atoms with Crippen LogP contribution in [-0.4, -0.2) is 38.5 Å². The van der Waals surface area contributed by atoms with Crippen LogP contribution in [0.1, 0.15) is 27.8 Å². The largest absolute Gasteiger partial charge is 0.497 e. The molecular formula is C26H28ClN3O4S. The summed E-state index contributed by atoms with van der Waals surface area (Å²) in [4.78, 5) is 12.9. The lowest BCUT2D eigenvalue weighted by molar-refractivity contribution is -0.121. The molecular weight excluding hydrogens is 486 g/mol. The number of hydrogen-bond donors (Lipinski definition) is 1. The molecule has 9 heteroatoms. The SMILES string of the molecule is COc1ccc(/C=N/NC(=O)CN(Cc2ccc(Cl)cc2)S(=O)(=O)c2c(C)cc(C)cc2C)cc1. The quantitative estimate of drug-likeness (QED) is 0.334. The van der Waals surface area contributed by atoms with E-state index in [-0.39, 0.29) is 11.4 Å². The zero-order valence-corrected chi connectivity index (χ0v) is 21.7. The van der Waals surface area contributed by atoms with Gasteiger partial charge in [-0.25, -0.2) is 13.8 Å². The summed E-state index contributed by atoms with van der Waals surface area (Å²) in [6.07, 6.45) is 1.48. The van der Waals surface area contributed by atoms with E-state index in [9.17, 15) is 13.2 Å². The number of ether oxygens (including phenoxy) is 1. The van der Waals surface area contributed by atoms with Gasteiger partial charge in [0.25, 0.3) is 5.91 Å². The highest BCUT2D eigenvalue weighted by atomic mass is 35.5. The van der Waals surface area contributed by atoms with Gasteiger partial charge in [0.1, 0.15) is 5.75 Å². The average Bonchev–Trinajstić information content (AvgIpc) is 2.79. The summed E-state index contributed by atoms with van der Waals surface area (Å²) < 4.78 is 33.7. The number of benzene rings is 3. The molecule has 0 saturated carbocycles. The average molecular weight is 514 g/mol. The number of aryl methyl sites for hydroxylation is 3. The summed E-state index contributed by atoms with van der Waals surface area (Å²) in [6.45, 7) is 5.02. The van der Waals surface area contributed by atoms with Crippen LogP contribution >= 0.6 is 11.6 Å². The molecule has 35 heavy (non-hydrogen) atoms. The van der Waals surface area contributed by atoms with Crippen molar-refractivity contribution in [2.24, 2.45) is 5.10 Å². The molecule has 0 spiro atoms. The van der Waals surface area contributed by atoms with Gasteiger partial charge in [-0.15, -0.1) is 0 Å². The van der Waals surface area contributed by atoms with E-state index in [1.165, 1.54) is 6.21 Å². The van der Waals surface area contributed by atoms with E-state index in [4.69, 9.17) is 16.3 Å². The number of carbonyl (C=O) groups is 1. The predicted molar refractivity (Wildman–Crippen MR) is 138 cm³/mol. The van der Waals surface area contributed by atoms with Crippen molar-refractivity contribution < 1.29 is 17.9 Å². The number of amides is 1. The molecule has 184 valence electrons. The lowest BCUT2D eigenvalue weighted by atomic mass is 10.1. The van der Waals surface area contributed by atoms with Crippen LogP contribution in [0, 0.1) is 20.8 Å². The Balaban J connectivity index is 1.84. The summed E-state index contributed by atoms with van der Waals surface area (Å²) in [5.74, 6) is 0.144. The summed E-state index contributed by atoms with van der Waals surface area (Å²) in [7, 11) is -2.42. The fourth-order valence-electron chi connectivity index (χ4n) is 3.79. The van der Waals surface area contributed by atoms with E-state index in [1.807, 2.05) is 19.1 Å². The number of halogens is 1. The predicted octanol–water partition coefficient (Wildman–Crippen LogP) is 4.62. The number of nitrogens with zero attached hydrogens (tertiary/aromatic N) is 2. The Morgan fingerprint density at radius 2 is 1.63 bits per heavy atom. The molecule has 1 amide bonds. The maximum Gasteiger partial charge on any atom is 0.255 e. The number of hydrazone groups is 1. The van der Waals surface area contributed by atoms with E-state index in [2.05, 4.69) is 10.5 Å². The second kappa shape index (κ2) is 11.5. The van der Waals surface area contributed by atoms with Gasteiger partial charge in [-0.2, -0.15) is 9.41 Å². The number of carbonyl (C=O) groups excluding carboxylic acids is 1. The number of sulfonamides is 1. The molecule has 0 aliphatic heterocycles. The minimum absolute atomic E-state index is 0.00186. The van der Waals surface area contributed by atoms with Crippen molar-refractivity contribution in [2.75, 3.05) is 13.7 Å². The van der Waals surface area contributed by atoms with Crippen molar-refractivity contribution in [2.45, 2.75) is 32.2 Å². The van der Waals surface area contributed by atoms with E-state index < -0.39 is 22.5 Å². The molecule has 0 fully saturated rings. The molecule has 3 aromatic carbocycles. The lowest BCUT2D eigenvalue weighted by Crippen LogP contribution is -2.39. The highest BCUT2D eigenvalue weighted by molar-refractivity contribution is 7.89. The smallest absolute Gasteiger partial charge is 0.255 e. The van der Waals surface area contributed by atoms with Gasteiger partial charge in [-0.3, -0.25) is 4.79 Å². The highest BCUT2D eigenvalue weighted by Crippen LogP contribution is 2.26. The standard InChI is InChI=1S/C26H28ClN3O4S/c1-18-13-19(2)26(20(3)14-18)35(32,33)30(16-22-5-9-23(27)10-6-22)17-25(31)29-28-15-21-7-11-24(34-4)12-8-21/h5-15H,16-17H2,1-4H3,(H,29,31)/b28-15+. The van der Waals surface area contributed by atoms with Gasteiger partial charge in [0.15, 0.2) is 0 Å². The Bertz CT molecular complexity index is 1300. The second-order valence-corrected chi connectivity index (χ2v) is 10.5. The molecule has 0 heterocycles. The topological polar surface area (TPSA) is 88.1 Å². The third-order valence-corrected chi connectivity index (χ3v) is 7.66. The zero-order valence-electron chi connectivity index (χ0n) is 20.1. The van der Waals surface area contributed by atoms with Crippen LogP contribution in [0.5, 0.6) is 5.75 Å². The maximum atomic E-state index is 13.7. The molecule has 0 saturated heterocycles. The molecule has 0 bridgehead atoms. The van der Waals surface area contributed by atoms with Crippen LogP contribution in [0.4, 0.5) is 0 Å². The molecule has 3 aromatic rings. The number of rotatable bonds is 9. The van der Waals surface area contributed by atoms with Gasteiger partial charge in [0.2, 0.25) is 10.0 Å². The van der Waals surface area contributed by atoms with Crippen LogP contribution in [0.2, 0.25) is 5.02 Å². The van der Waals surface area contributed by atoms with Crippen molar-refractivity contribution >= 4 is 33.7 Å². The summed E-state index contributed by atoms with van der Waals surface area (Å²) in [5.41, 5.74) is 6.09. The van der Waals surface area contributed by atoms with E-state index in [0.29, 0.717) is 27.5 Å². The number of methoxy groups -OCH3 is 1. The third kappa shape index (κ3) is 6.91. The van der Waals surface area contributed by atoms with Crippen molar-refractivity contribution in [1.29, 1.82) is 0 Å². The van der Waals surface area contributed by atoms with Crippen molar-refractivity contribution in [3.05, 3.63) is 93.5 Å². The third-order valence-electron chi connectivity index (χ3n) is 5.31. The van der Waals surface area contributed by atoms with Gasteiger partial charge >= 0.3 is 0 Å². The first kappa shape index (κ1) is 26.4. The second-order valence-electron chi connectivity index (χ2n) is 8.19. The number of nitrogens with one attached hydrogen (secondary N) is 1. The van der Waals surface area contributed by atoms with E-state index >= 15 is 0 Å². The Hall–Kier alpha value is -3.20. The molecule has 0 radical (unpaired) electrons. The van der Waals surface area contributed by atoms with Crippen LogP contribution < -0.4 is 10.2 Å². The molecule has 7 nitrogen and oxygen atoms in total. The zero-order chi connectivity index (χ0) is 25.6. The molecule has 0 unspecified atom stereocenters. The Labute approximate surface area is 211 Å². The van der Waals surface area contributed by atoms with Crippen molar-refractivity contribution in [3.63, 3.8) is 0 Å². The Kier molecular flexibility index (Phi) is 8.67. The first-order chi connectivity index (χ1) is 16.6. The van der Waals surface area contributed by atoms with Crippen LogP contribution in [0.15, 0.2) is 70.7 Å². The Morgan fingerprint density at radius 1 is 1.03 bits per heavy atom. The number of hydrogen-bond acceptors (Lipinski definition) is 5. The monoisotopic (exact) mass is 513 g/mol. The maximum absolute atomic E-state index is 13.7. The van der Waals surface area contributed by atoms with Crippen LogP contribution in [-0.2, 0) is 21.4 Å².